The van der Waals surface area contributed by atoms with Crippen molar-refractivity contribution in [3.05, 3.63) is 82.8 Å². The van der Waals surface area contributed by atoms with E-state index >= 15 is 0 Å². The number of carbonyl (C=O) groups excluding carboxylic acids is 1. The predicted molar refractivity (Wildman–Crippen MR) is 111 cm³/mol. The largest absolute Gasteiger partial charge is 0.451 e. The van der Waals surface area contributed by atoms with Crippen molar-refractivity contribution < 1.29 is 13.6 Å². The minimum atomic E-state index is -0.305. The van der Waals surface area contributed by atoms with Crippen LogP contribution in [0.15, 0.2) is 65.1 Å². The Morgan fingerprint density at radius 2 is 1.72 bits per heavy atom. The fraction of sp³-hybridized carbons (Fsp3) is 0.261. The first-order valence-electron chi connectivity index (χ1n) is 9.70. The van der Waals surface area contributed by atoms with Gasteiger partial charge in [-0.2, -0.15) is 0 Å². The summed E-state index contributed by atoms with van der Waals surface area (Å²) >= 11 is 5.94. The summed E-state index contributed by atoms with van der Waals surface area (Å²) in [4.78, 5) is 14.9. The normalized spacial score (nSPS) is 15.4. The van der Waals surface area contributed by atoms with Crippen molar-refractivity contribution in [1.29, 1.82) is 0 Å². The lowest BCUT2D eigenvalue weighted by molar-refractivity contribution is 0.0882. The van der Waals surface area contributed by atoms with Crippen LogP contribution in [0.25, 0.3) is 11.3 Å². The zero-order valence-corrected chi connectivity index (χ0v) is 16.7. The topological polar surface area (TPSA) is 45.5 Å². The highest BCUT2D eigenvalue weighted by Crippen LogP contribution is 2.23. The number of hydrogen-bond donors (Lipinski definition) is 1. The molecule has 0 atom stereocenters. The number of furan rings is 1. The van der Waals surface area contributed by atoms with Crippen molar-refractivity contribution >= 4 is 17.5 Å². The Morgan fingerprint density at radius 3 is 2.41 bits per heavy atom. The van der Waals surface area contributed by atoms with Crippen molar-refractivity contribution in [3.63, 3.8) is 0 Å². The van der Waals surface area contributed by atoms with Gasteiger partial charge in [-0.25, -0.2) is 4.39 Å². The van der Waals surface area contributed by atoms with E-state index in [0.29, 0.717) is 5.76 Å². The third-order valence-corrected chi connectivity index (χ3v) is 5.45. The molecule has 0 aliphatic carbocycles. The molecule has 4 nitrogen and oxygen atoms in total. The smallest absolute Gasteiger partial charge is 0.287 e. The van der Waals surface area contributed by atoms with Gasteiger partial charge >= 0.3 is 0 Å². The number of benzene rings is 2. The SMILES string of the molecule is O=C(NC1CCN(Cc2ccc(Cl)cc2)CC1)c1ccc(-c2ccc(F)cc2)o1. The van der Waals surface area contributed by atoms with Gasteiger partial charge in [-0.1, -0.05) is 23.7 Å². The lowest BCUT2D eigenvalue weighted by Crippen LogP contribution is -2.44. The van der Waals surface area contributed by atoms with E-state index in [1.54, 1.807) is 24.3 Å². The van der Waals surface area contributed by atoms with Gasteiger partial charge in [0.1, 0.15) is 11.6 Å². The van der Waals surface area contributed by atoms with Crippen LogP contribution in [0, 0.1) is 5.82 Å². The van der Waals surface area contributed by atoms with E-state index in [2.05, 4.69) is 10.2 Å². The van der Waals surface area contributed by atoms with Crippen molar-refractivity contribution in [3.8, 4) is 11.3 Å². The van der Waals surface area contributed by atoms with Crippen LogP contribution in [0.1, 0.15) is 29.0 Å². The second-order valence-electron chi connectivity index (χ2n) is 7.32. The van der Waals surface area contributed by atoms with Crippen molar-refractivity contribution in [2.45, 2.75) is 25.4 Å². The maximum absolute atomic E-state index is 13.1. The van der Waals surface area contributed by atoms with Gasteiger partial charge in [-0.05, 0) is 66.9 Å². The first kappa shape index (κ1) is 19.7. The number of nitrogens with zero attached hydrogens (tertiary/aromatic N) is 1. The van der Waals surface area contributed by atoms with Gasteiger partial charge in [0.15, 0.2) is 5.76 Å². The zero-order chi connectivity index (χ0) is 20.2. The summed E-state index contributed by atoms with van der Waals surface area (Å²) < 4.78 is 18.7. The summed E-state index contributed by atoms with van der Waals surface area (Å²) in [6.07, 6.45) is 1.79. The van der Waals surface area contributed by atoms with Gasteiger partial charge in [-0.15, -0.1) is 0 Å². The summed E-state index contributed by atoms with van der Waals surface area (Å²) in [6, 6.07) is 17.4. The Morgan fingerprint density at radius 1 is 1.03 bits per heavy atom. The first-order chi connectivity index (χ1) is 14.1. The first-order valence-corrected chi connectivity index (χ1v) is 10.1. The van der Waals surface area contributed by atoms with E-state index in [9.17, 15) is 9.18 Å². The molecular weight excluding hydrogens is 391 g/mol. The highest BCUT2D eigenvalue weighted by Gasteiger charge is 2.22. The Kier molecular flexibility index (Phi) is 5.97. The number of hydrogen-bond acceptors (Lipinski definition) is 3. The summed E-state index contributed by atoms with van der Waals surface area (Å²) in [5.74, 6) is 0.302. The summed E-state index contributed by atoms with van der Waals surface area (Å²) in [5, 5.41) is 3.81. The number of carbonyl (C=O) groups is 1. The summed E-state index contributed by atoms with van der Waals surface area (Å²) in [6.45, 7) is 2.73. The minimum Gasteiger partial charge on any atom is -0.451 e. The van der Waals surface area contributed by atoms with Gasteiger partial charge in [0.2, 0.25) is 0 Å². The number of amides is 1. The lowest BCUT2D eigenvalue weighted by atomic mass is 10.0. The van der Waals surface area contributed by atoms with Gasteiger partial charge in [0, 0.05) is 36.3 Å². The molecule has 0 saturated carbocycles. The molecule has 2 heterocycles. The van der Waals surface area contributed by atoms with Crippen LogP contribution < -0.4 is 5.32 Å². The monoisotopic (exact) mass is 412 g/mol. The lowest BCUT2D eigenvalue weighted by Gasteiger charge is -2.32. The molecule has 6 heteroatoms. The number of piperidine rings is 1. The molecule has 4 rings (SSSR count). The maximum atomic E-state index is 13.1. The predicted octanol–water partition coefficient (Wildman–Crippen LogP) is 5.13. The molecular formula is C23H22ClFN2O2. The highest BCUT2D eigenvalue weighted by atomic mass is 35.5. The average Bonchev–Trinajstić information content (AvgIpc) is 3.22. The van der Waals surface area contributed by atoms with Gasteiger partial charge in [0.25, 0.3) is 5.91 Å². The van der Waals surface area contributed by atoms with E-state index in [0.717, 1.165) is 43.1 Å². The van der Waals surface area contributed by atoms with Crippen LogP contribution in [-0.4, -0.2) is 29.9 Å². The van der Waals surface area contributed by atoms with E-state index < -0.39 is 0 Å². The third-order valence-electron chi connectivity index (χ3n) is 5.20. The van der Waals surface area contributed by atoms with E-state index in [1.807, 2.05) is 24.3 Å². The molecule has 1 N–H and O–H groups in total. The number of nitrogens with one attached hydrogen (secondary N) is 1. The van der Waals surface area contributed by atoms with Crippen LogP contribution in [-0.2, 0) is 6.54 Å². The molecule has 0 spiro atoms. The van der Waals surface area contributed by atoms with Crippen molar-refractivity contribution in [2.24, 2.45) is 0 Å². The second-order valence-corrected chi connectivity index (χ2v) is 7.76. The fourth-order valence-electron chi connectivity index (χ4n) is 3.57. The van der Waals surface area contributed by atoms with Gasteiger partial charge in [0.05, 0.1) is 0 Å². The van der Waals surface area contributed by atoms with E-state index in [4.69, 9.17) is 16.0 Å². The van der Waals surface area contributed by atoms with Gasteiger partial charge < -0.3 is 9.73 Å². The van der Waals surface area contributed by atoms with Gasteiger partial charge in [-0.3, -0.25) is 9.69 Å². The highest BCUT2D eigenvalue weighted by molar-refractivity contribution is 6.30. The molecule has 150 valence electrons. The van der Waals surface area contributed by atoms with Crippen LogP contribution in [0.5, 0.6) is 0 Å². The number of halogens is 2. The van der Waals surface area contributed by atoms with Crippen LogP contribution in [0.2, 0.25) is 5.02 Å². The van der Waals surface area contributed by atoms with Crippen molar-refractivity contribution in [1.82, 2.24) is 10.2 Å². The number of likely N-dealkylation sites (tertiary alicyclic amines) is 1. The third kappa shape index (κ3) is 5.05. The molecule has 1 aliphatic heterocycles. The fourth-order valence-corrected chi connectivity index (χ4v) is 3.70. The summed E-state index contributed by atoms with van der Waals surface area (Å²) in [7, 11) is 0. The molecule has 29 heavy (non-hydrogen) atoms. The molecule has 3 aromatic rings. The quantitative estimate of drug-likeness (QED) is 0.631. The number of rotatable bonds is 5. The minimum absolute atomic E-state index is 0.128. The molecule has 2 aromatic carbocycles. The average molecular weight is 413 g/mol. The molecule has 0 unspecified atom stereocenters. The summed E-state index contributed by atoms with van der Waals surface area (Å²) in [5.41, 5.74) is 1.97. The standard InChI is InChI=1S/C23H22ClFN2O2/c24-18-5-1-16(2-6-18)15-27-13-11-20(12-14-27)26-23(28)22-10-9-21(29-22)17-3-7-19(25)8-4-17/h1-10,20H,11-15H2,(H,26,28). The molecule has 1 saturated heterocycles. The van der Waals surface area contributed by atoms with Crippen LogP contribution >= 0.6 is 11.6 Å². The second kappa shape index (κ2) is 8.80. The van der Waals surface area contributed by atoms with Crippen LogP contribution in [0.3, 0.4) is 0 Å². The Labute approximate surface area is 174 Å². The molecule has 0 bridgehead atoms. The Hall–Kier alpha value is -2.63. The maximum Gasteiger partial charge on any atom is 0.287 e. The molecule has 1 fully saturated rings. The zero-order valence-electron chi connectivity index (χ0n) is 15.9. The molecule has 1 aromatic heterocycles. The van der Waals surface area contributed by atoms with Crippen LogP contribution in [0.4, 0.5) is 4.39 Å². The molecule has 0 radical (unpaired) electrons. The van der Waals surface area contributed by atoms with Crippen molar-refractivity contribution in [2.75, 3.05) is 13.1 Å². The van der Waals surface area contributed by atoms with E-state index in [1.165, 1.54) is 17.7 Å². The Balaban J connectivity index is 1.28. The molecule has 1 amide bonds. The molecule has 1 aliphatic rings. The van der Waals surface area contributed by atoms with E-state index in [-0.39, 0.29) is 23.5 Å². The Bertz CT molecular complexity index is 961.